The van der Waals surface area contributed by atoms with Crippen LogP contribution in [0.25, 0.3) is 0 Å². The van der Waals surface area contributed by atoms with Crippen molar-refractivity contribution in [3.05, 3.63) is 27.7 Å². The molecule has 3 nitrogen and oxygen atoms in total. The molecule has 0 aromatic heterocycles. The van der Waals surface area contributed by atoms with Gasteiger partial charge < -0.3 is 10.5 Å². The van der Waals surface area contributed by atoms with Crippen LogP contribution >= 0.6 is 15.9 Å². The summed E-state index contributed by atoms with van der Waals surface area (Å²) in [5.74, 6) is 1.77. The van der Waals surface area contributed by atoms with Gasteiger partial charge in [0.25, 0.3) is 0 Å². The molecule has 1 aliphatic rings. The summed E-state index contributed by atoms with van der Waals surface area (Å²) < 4.78 is 6.98. The minimum Gasteiger partial charge on any atom is -0.493 e. The molecular formula is C16H25BrN2O. The third-order valence-corrected chi connectivity index (χ3v) is 3.98. The molecule has 0 radical (unpaired) electrons. The standard InChI is InChI=1S/C16H25BrN2O/c1-12(2)10-19(6-3-5-18)11-14-9-15(17)8-13-4-7-20-16(13)14/h8-9,12H,3-7,10-11,18H2,1-2H3. The van der Waals surface area contributed by atoms with Gasteiger partial charge in [0, 0.05) is 29.5 Å². The monoisotopic (exact) mass is 340 g/mol. The van der Waals surface area contributed by atoms with Crippen molar-refractivity contribution in [3.8, 4) is 5.75 Å². The Balaban J connectivity index is 2.13. The number of fused-ring (bicyclic) bond motifs is 1. The SMILES string of the molecule is CC(C)CN(CCCN)Cc1cc(Br)cc2c1OCC2. The average Bonchev–Trinajstić information content (AvgIpc) is 2.83. The number of rotatable bonds is 7. The van der Waals surface area contributed by atoms with Crippen LogP contribution in [0.5, 0.6) is 5.75 Å². The smallest absolute Gasteiger partial charge is 0.127 e. The maximum Gasteiger partial charge on any atom is 0.127 e. The highest BCUT2D eigenvalue weighted by Crippen LogP contribution is 2.33. The number of hydrogen-bond donors (Lipinski definition) is 1. The van der Waals surface area contributed by atoms with E-state index in [2.05, 4.69) is 46.8 Å². The summed E-state index contributed by atoms with van der Waals surface area (Å²) in [6, 6.07) is 4.37. The second-order valence-electron chi connectivity index (χ2n) is 5.92. The van der Waals surface area contributed by atoms with Crippen LogP contribution in [0.3, 0.4) is 0 Å². The fraction of sp³-hybridized carbons (Fsp3) is 0.625. The van der Waals surface area contributed by atoms with Crippen molar-refractivity contribution < 1.29 is 4.74 Å². The Labute approximate surface area is 130 Å². The number of nitrogens with zero attached hydrogens (tertiary/aromatic N) is 1. The van der Waals surface area contributed by atoms with E-state index in [1.807, 2.05) is 0 Å². The van der Waals surface area contributed by atoms with Crippen LogP contribution in [-0.4, -0.2) is 31.1 Å². The minimum absolute atomic E-state index is 0.661. The third-order valence-electron chi connectivity index (χ3n) is 3.52. The summed E-state index contributed by atoms with van der Waals surface area (Å²) >= 11 is 3.62. The molecule has 0 aliphatic carbocycles. The van der Waals surface area contributed by atoms with Gasteiger partial charge in [-0.05, 0) is 43.1 Å². The molecule has 1 aromatic carbocycles. The number of ether oxygens (including phenoxy) is 1. The lowest BCUT2D eigenvalue weighted by molar-refractivity contribution is 0.231. The van der Waals surface area contributed by atoms with E-state index in [0.29, 0.717) is 5.92 Å². The molecule has 1 aliphatic heterocycles. The van der Waals surface area contributed by atoms with Gasteiger partial charge in [-0.3, -0.25) is 4.90 Å². The molecule has 0 saturated carbocycles. The maximum atomic E-state index is 5.82. The number of halogens is 1. The molecule has 0 amide bonds. The predicted molar refractivity (Wildman–Crippen MR) is 87.1 cm³/mol. The van der Waals surface area contributed by atoms with Crippen LogP contribution in [0.4, 0.5) is 0 Å². The lowest BCUT2D eigenvalue weighted by Crippen LogP contribution is -2.29. The Bertz CT molecular complexity index is 448. The highest BCUT2D eigenvalue weighted by Gasteiger charge is 2.19. The zero-order chi connectivity index (χ0) is 14.5. The molecule has 0 saturated heterocycles. The van der Waals surface area contributed by atoms with Crippen LogP contribution in [0.1, 0.15) is 31.4 Å². The first-order chi connectivity index (χ1) is 9.60. The van der Waals surface area contributed by atoms with E-state index in [-0.39, 0.29) is 0 Å². The fourth-order valence-electron chi connectivity index (χ4n) is 2.77. The van der Waals surface area contributed by atoms with Crippen LogP contribution in [0.2, 0.25) is 0 Å². The predicted octanol–water partition coefficient (Wildman–Crippen LogP) is 3.19. The Hall–Kier alpha value is -0.580. The Morgan fingerprint density at radius 3 is 2.90 bits per heavy atom. The van der Waals surface area contributed by atoms with E-state index in [1.54, 1.807) is 0 Å². The van der Waals surface area contributed by atoms with Gasteiger partial charge in [-0.25, -0.2) is 0 Å². The lowest BCUT2D eigenvalue weighted by atomic mass is 10.1. The summed E-state index contributed by atoms with van der Waals surface area (Å²) in [6.45, 7) is 9.18. The quantitative estimate of drug-likeness (QED) is 0.828. The van der Waals surface area contributed by atoms with Gasteiger partial charge in [0.05, 0.1) is 6.61 Å². The van der Waals surface area contributed by atoms with E-state index in [4.69, 9.17) is 10.5 Å². The second kappa shape index (κ2) is 7.43. The van der Waals surface area contributed by atoms with E-state index in [0.717, 1.165) is 55.8 Å². The summed E-state index contributed by atoms with van der Waals surface area (Å²) in [5.41, 5.74) is 8.28. The zero-order valence-electron chi connectivity index (χ0n) is 12.5. The molecule has 2 rings (SSSR count). The molecule has 2 N–H and O–H groups in total. The summed E-state index contributed by atoms with van der Waals surface area (Å²) in [6.07, 6.45) is 2.07. The summed E-state index contributed by atoms with van der Waals surface area (Å²) in [7, 11) is 0. The molecule has 0 bridgehead atoms. The van der Waals surface area contributed by atoms with E-state index in [9.17, 15) is 0 Å². The lowest BCUT2D eigenvalue weighted by Gasteiger charge is -2.25. The van der Waals surface area contributed by atoms with Crippen LogP contribution < -0.4 is 10.5 Å². The molecule has 112 valence electrons. The highest BCUT2D eigenvalue weighted by molar-refractivity contribution is 9.10. The van der Waals surface area contributed by atoms with Crippen LogP contribution in [-0.2, 0) is 13.0 Å². The second-order valence-corrected chi connectivity index (χ2v) is 6.84. The number of nitrogens with two attached hydrogens (primary N) is 1. The van der Waals surface area contributed by atoms with Gasteiger partial charge in [0.15, 0.2) is 0 Å². The summed E-state index contributed by atoms with van der Waals surface area (Å²) in [4.78, 5) is 2.49. The van der Waals surface area contributed by atoms with Gasteiger partial charge in [-0.2, -0.15) is 0 Å². The van der Waals surface area contributed by atoms with Crippen molar-refractivity contribution in [2.45, 2.75) is 33.2 Å². The van der Waals surface area contributed by atoms with E-state index in [1.165, 1.54) is 11.1 Å². The van der Waals surface area contributed by atoms with E-state index < -0.39 is 0 Å². The molecule has 0 atom stereocenters. The number of benzene rings is 1. The molecule has 0 fully saturated rings. The van der Waals surface area contributed by atoms with Crippen molar-refractivity contribution >= 4 is 15.9 Å². The van der Waals surface area contributed by atoms with Crippen molar-refractivity contribution in [1.29, 1.82) is 0 Å². The highest BCUT2D eigenvalue weighted by atomic mass is 79.9. The normalized spacial score (nSPS) is 13.9. The minimum atomic E-state index is 0.661. The molecular weight excluding hydrogens is 316 g/mol. The van der Waals surface area contributed by atoms with Crippen LogP contribution in [0, 0.1) is 5.92 Å². The average molecular weight is 341 g/mol. The maximum absolute atomic E-state index is 5.82. The molecule has 0 unspecified atom stereocenters. The first kappa shape index (κ1) is 15.8. The molecule has 1 heterocycles. The molecule has 0 spiro atoms. The first-order valence-electron chi connectivity index (χ1n) is 7.46. The number of hydrogen-bond acceptors (Lipinski definition) is 3. The Kier molecular flexibility index (Phi) is 5.87. The Morgan fingerprint density at radius 1 is 1.40 bits per heavy atom. The first-order valence-corrected chi connectivity index (χ1v) is 8.26. The van der Waals surface area contributed by atoms with Gasteiger partial charge in [0.1, 0.15) is 5.75 Å². The van der Waals surface area contributed by atoms with Gasteiger partial charge in [0.2, 0.25) is 0 Å². The van der Waals surface area contributed by atoms with Crippen molar-refractivity contribution in [3.63, 3.8) is 0 Å². The third kappa shape index (κ3) is 4.21. The molecule has 4 heteroatoms. The molecule has 1 aromatic rings. The van der Waals surface area contributed by atoms with E-state index >= 15 is 0 Å². The van der Waals surface area contributed by atoms with Crippen molar-refractivity contribution in [2.75, 3.05) is 26.2 Å². The van der Waals surface area contributed by atoms with Gasteiger partial charge >= 0.3 is 0 Å². The largest absolute Gasteiger partial charge is 0.493 e. The van der Waals surface area contributed by atoms with Gasteiger partial charge in [-0.1, -0.05) is 29.8 Å². The van der Waals surface area contributed by atoms with Crippen molar-refractivity contribution in [2.24, 2.45) is 11.7 Å². The summed E-state index contributed by atoms with van der Waals surface area (Å²) in [5, 5.41) is 0. The molecule has 20 heavy (non-hydrogen) atoms. The Morgan fingerprint density at radius 2 is 2.20 bits per heavy atom. The van der Waals surface area contributed by atoms with Crippen LogP contribution in [0.15, 0.2) is 16.6 Å². The zero-order valence-corrected chi connectivity index (χ0v) is 14.1. The van der Waals surface area contributed by atoms with Gasteiger partial charge in [-0.15, -0.1) is 0 Å². The van der Waals surface area contributed by atoms with Crippen molar-refractivity contribution in [1.82, 2.24) is 4.90 Å². The topological polar surface area (TPSA) is 38.5 Å². The fourth-order valence-corrected chi connectivity index (χ4v) is 3.32.